The number of rotatable bonds is 3. The van der Waals surface area contributed by atoms with Crippen LogP contribution in [0.2, 0.25) is 0 Å². The quantitative estimate of drug-likeness (QED) is 0.437. The number of aromatic nitrogens is 2. The van der Waals surface area contributed by atoms with Crippen LogP contribution in [0.15, 0.2) is 29.4 Å². The lowest BCUT2D eigenvalue weighted by Gasteiger charge is -1.98. The molecule has 1 aromatic heterocycles. The number of hydrogen-bond acceptors (Lipinski definition) is 4. The molecule has 1 heterocycles. The maximum Gasteiger partial charge on any atom is 0.291 e. The van der Waals surface area contributed by atoms with Gasteiger partial charge in [0.25, 0.3) is 5.91 Å². The molecule has 0 saturated heterocycles. The number of phenolic OH excluding ortho intramolecular Hbond substituents is 1. The molecule has 0 saturated carbocycles. The Hall–Kier alpha value is -1.90. The zero-order valence-corrected chi connectivity index (χ0v) is 12.2. The minimum atomic E-state index is -0.380. The Morgan fingerprint density at radius 1 is 1.53 bits per heavy atom. The molecule has 6 nitrogen and oxygen atoms in total. The normalized spacial score (nSPS) is 10.8. The van der Waals surface area contributed by atoms with E-state index < -0.39 is 0 Å². The lowest BCUT2D eigenvalue weighted by molar-refractivity contribution is 0.0950. The van der Waals surface area contributed by atoms with Crippen molar-refractivity contribution >= 4 is 34.7 Å². The number of benzene rings is 1. The monoisotopic (exact) mass is 370 g/mol. The van der Waals surface area contributed by atoms with Crippen molar-refractivity contribution in [3.05, 3.63) is 44.8 Å². The maximum atomic E-state index is 11.6. The molecule has 0 atom stereocenters. The second kappa shape index (κ2) is 5.83. The Bertz CT molecular complexity index is 636. The van der Waals surface area contributed by atoms with Gasteiger partial charge in [0.1, 0.15) is 5.75 Å². The molecule has 19 heavy (non-hydrogen) atoms. The minimum absolute atomic E-state index is 0.216. The number of amides is 1. The number of nitrogens with one attached hydrogen (secondary N) is 2. The number of aromatic amines is 1. The SMILES string of the molecule is Cc1cc(C(=O)N/N=C\c2ccc(O)c(I)c2)n[nH]1. The number of carbonyl (C=O) groups is 1. The first kappa shape index (κ1) is 13.5. The summed E-state index contributed by atoms with van der Waals surface area (Å²) in [5, 5.41) is 19.7. The topological polar surface area (TPSA) is 90.4 Å². The molecule has 3 N–H and O–H groups in total. The standard InChI is InChI=1S/C12H11IN4O2/c1-7-4-10(16-15-7)12(19)17-14-6-8-2-3-11(18)9(13)5-8/h2-6,18H,1H3,(H,15,16)(H,17,19)/b14-6-. The Balaban J connectivity index is 2.00. The summed E-state index contributed by atoms with van der Waals surface area (Å²) in [5.41, 5.74) is 4.25. The molecule has 7 heteroatoms. The van der Waals surface area contributed by atoms with Crippen LogP contribution in [0.25, 0.3) is 0 Å². The highest BCUT2D eigenvalue weighted by Gasteiger charge is 2.07. The van der Waals surface area contributed by atoms with Crippen LogP contribution in [0.4, 0.5) is 0 Å². The third-order valence-electron chi connectivity index (χ3n) is 2.29. The summed E-state index contributed by atoms with van der Waals surface area (Å²) in [5.74, 6) is -0.164. The molecule has 0 bridgehead atoms. The van der Waals surface area contributed by atoms with Gasteiger partial charge in [0.2, 0.25) is 0 Å². The first-order chi connectivity index (χ1) is 9.06. The lowest BCUT2D eigenvalue weighted by atomic mass is 10.2. The van der Waals surface area contributed by atoms with E-state index in [2.05, 4.69) is 20.7 Å². The van der Waals surface area contributed by atoms with Crippen LogP contribution < -0.4 is 5.43 Å². The van der Waals surface area contributed by atoms with Gasteiger partial charge in [0.05, 0.1) is 9.78 Å². The molecule has 0 unspecified atom stereocenters. The Morgan fingerprint density at radius 3 is 2.95 bits per heavy atom. The van der Waals surface area contributed by atoms with Gasteiger partial charge in [-0.2, -0.15) is 10.2 Å². The summed E-state index contributed by atoms with van der Waals surface area (Å²) in [4.78, 5) is 11.6. The molecule has 0 spiro atoms. The third kappa shape index (κ3) is 3.53. The molecule has 0 aliphatic carbocycles. The summed E-state index contributed by atoms with van der Waals surface area (Å²) in [6.07, 6.45) is 1.50. The average Bonchev–Trinajstić information content (AvgIpc) is 2.80. The van der Waals surface area contributed by atoms with Gasteiger partial charge in [-0.25, -0.2) is 5.43 Å². The first-order valence-corrected chi connectivity index (χ1v) is 6.48. The smallest absolute Gasteiger partial charge is 0.291 e. The molecular weight excluding hydrogens is 359 g/mol. The third-order valence-corrected chi connectivity index (χ3v) is 3.15. The number of aryl methyl sites for hydroxylation is 1. The van der Waals surface area contributed by atoms with E-state index in [0.717, 1.165) is 14.8 Å². The van der Waals surface area contributed by atoms with Crippen molar-refractivity contribution in [2.75, 3.05) is 0 Å². The van der Waals surface area contributed by atoms with Crippen LogP contribution in [0.5, 0.6) is 5.75 Å². The highest BCUT2D eigenvalue weighted by molar-refractivity contribution is 14.1. The van der Waals surface area contributed by atoms with Crippen molar-refractivity contribution in [1.29, 1.82) is 0 Å². The van der Waals surface area contributed by atoms with Gasteiger partial charge in [-0.1, -0.05) is 0 Å². The number of aromatic hydroxyl groups is 1. The van der Waals surface area contributed by atoms with Crippen LogP contribution in [-0.4, -0.2) is 27.4 Å². The van der Waals surface area contributed by atoms with Crippen LogP contribution in [0.1, 0.15) is 21.7 Å². The molecule has 98 valence electrons. The van der Waals surface area contributed by atoms with Crippen molar-refractivity contribution in [2.24, 2.45) is 5.10 Å². The second-order valence-electron chi connectivity index (χ2n) is 3.85. The molecule has 0 radical (unpaired) electrons. The number of carbonyl (C=O) groups excluding carboxylic acids is 1. The molecule has 1 aromatic carbocycles. The van der Waals surface area contributed by atoms with Crippen LogP contribution in [0.3, 0.4) is 0 Å². The van der Waals surface area contributed by atoms with Gasteiger partial charge in [-0.05, 0) is 59.3 Å². The molecule has 0 aliphatic heterocycles. The number of hydrazone groups is 1. The first-order valence-electron chi connectivity index (χ1n) is 5.40. The van der Waals surface area contributed by atoms with Crippen LogP contribution >= 0.6 is 22.6 Å². The largest absolute Gasteiger partial charge is 0.507 e. The number of nitrogens with zero attached hydrogens (tertiary/aromatic N) is 2. The predicted molar refractivity (Wildman–Crippen MR) is 79.2 cm³/mol. The van der Waals surface area contributed by atoms with E-state index in [-0.39, 0.29) is 17.4 Å². The van der Waals surface area contributed by atoms with Gasteiger partial charge in [0.15, 0.2) is 5.69 Å². The highest BCUT2D eigenvalue weighted by atomic mass is 127. The molecule has 2 rings (SSSR count). The van der Waals surface area contributed by atoms with E-state index in [9.17, 15) is 9.90 Å². The fraction of sp³-hybridized carbons (Fsp3) is 0.0833. The number of phenols is 1. The predicted octanol–water partition coefficient (Wildman–Crippen LogP) is 1.79. The van der Waals surface area contributed by atoms with Gasteiger partial charge < -0.3 is 5.11 Å². The van der Waals surface area contributed by atoms with Crippen molar-refractivity contribution in [2.45, 2.75) is 6.92 Å². The summed E-state index contributed by atoms with van der Waals surface area (Å²) in [7, 11) is 0. The zero-order chi connectivity index (χ0) is 13.8. The van der Waals surface area contributed by atoms with Gasteiger partial charge in [-0.15, -0.1) is 0 Å². The lowest BCUT2D eigenvalue weighted by Crippen LogP contribution is -2.18. The van der Waals surface area contributed by atoms with Gasteiger partial charge >= 0.3 is 0 Å². The van der Waals surface area contributed by atoms with Gasteiger partial charge in [0, 0.05) is 5.69 Å². The minimum Gasteiger partial charge on any atom is -0.507 e. The molecule has 0 aliphatic rings. The van der Waals surface area contributed by atoms with Crippen LogP contribution in [-0.2, 0) is 0 Å². The van der Waals surface area contributed by atoms with Crippen molar-refractivity contribution in [3.8, 4) is 5.75 Å². The average molecular weight is 370 g/mol. The van der Waals surface area contributed by atoms with Crippen molar-refractivity contribution in [3.63, 3.8) is 0 Å². The van der Waals surface area contributed by atoms with Crippen molar-refractivity contribution < 1.29 is 9.90 Å². The Labute approximate surface area is 123 Å². The van der Waals surface area contributed by atoms with Crippen molar-refractivity contribution in [1.82, 2.24) is 15.6 Å². The molecule has 2 aromatic rings. The zero-order valence-electron chi connectivity index (χ0n) is 10.0. The van der Waals surface area contributed by atoms with E-state index in [1.165, 1.54) is 6.21 Å². The van der Waals surface area contributed by atoms with E-state index in [1.54, 1.807) is 24.3 Å². The maximum absolute atomic E-state index is 11.6. The number of halogens is 1. The molecule has 1 amide bonds. The van der Waals surface area contributed by atoms with Gasteiger partial charge in [-0.3, -0.25) is 9.89 Å². The molecular formula is C12H11IN4O2. The van der Waals surface area contributed by atoms with E-state index in [0.29, 0.717) is 0 Å². The molecule has 0 fully saturated rings. The highest BCUT2D eigenvalue weighted by Crippen LogP contribution is 2.19. The number of hydrogen-bond donors (Lipinski definition) is 3. The summed E-state index contributed by atoms with van der Waals surface area (Å²) < 4.78 is 0.718. The van der Waals surface area contributed by atoms with E-state index in [4.69, 9.17) is 0 Å². The fourth-order valence-electron chi connectivity index (χ4n) is 1.36. The summed E-state index contributed by atoms with van der Waals surface area (Å²) in [6, 6.07) is 6.66. The summed E-state index contributed by atoms with van der Waals surface area (Å²) >= 11 is 2.01. The fourth-order valence-corrected chi connectivity index (χ4v) is 1.90. The second-order valence-corrected chi connectivity index (χ2v) is 5.01. The van der Waals surface area contributed by atoms with Crippen LogP contribution in [0, 0.1) is 10.5 Å². The van der Waals surface area contributed by atoms with E-state index >= 15 is 0 Å². The van der Waals surface area contributed by atoms with E-state index in [1.807, 2.05) is 29.5 Å². The summed E-state index contributed by atoms with van der Waals surface area (Å²) in [6.45, 7) is 1.81. The number of H-pyrrole nitrogens is 1. The Kier molecular flexibility index (Phi) is 4.15. The Morgan fingerprint density at radius 2 is 2.32 bits per heavy atom.